The molecule has 1 aromatic heterocycles. The number of carbonyl (C=O) groups is 3. The Hall–Kier alpha value is -3.15. The molecule has 6 nitrogen and oxygen atoms in total. The number of carbonyl (C=O) groups excluding carboxylic acids is 2. The van der Waals surface area contributed by atoms with Crippen LogP contribution in [0.1, 0.15) is 29.6 Å². The zero-order valence-electron chi connectivity index (χ0n) is 13.9. The molecule has 6 heteroatoms. The average molecular weight is 351 g/mol. The molecule has 0 spiro atoms. The van der Waals surface area contributed by atoms with Gasteiger partial charge in [0.15, 0.2) is 5.78 Å². The van der Waals surface area contributed by atoms with Crippen molar-refractivity contribution >= 4 is 39.6 Å². The molecule has 3 aromatic rings. The maximum absolute atomic E-state index is 12.6. The van der Waals surface area contributed by atoms with Gasteiger partial charge in [0, 0.05) is 28.7 Å². The summed E-state index contributed by atoms with van der Waals surface area (Å²) in [4.78, 5) is 35.8. The van der Waals surface area contributed by atoms with Gasteiger partial charge in [-0.2, -0.15) is 0 Å². The number of aliphatic carboxylic acids is 1. The Labute approximate surface area is 148 Å². The van der Waals surface area contributed by atoms with E-state index in [0.717, 1.165) is 29.2 Å². The fourth-order valence-electron chi connectivity index (χ4n) is 3.04. The number of benzene rings is 2. The molecule has 0 aliphatic heterocycles. The zero-order valence-corrected chi connectivity index (χ0v) is 13.9. The highest BCUT2D eigenvalue weighted by Gasteiger charge is 2.33. The molecule has 1 aliphatic carbocycles. The molecule has 2 N–H and O–H groups in total. The molecule has 0 radical (unpaired) electrons. The van der Waals surface area contributed by atoms with Crippen molar-refractivity contribution < 1.29 is 23.9 Å². The number of rotatable bonds is 6. The lowest BCUT2D eigenvalue weighted by Gasteiger charge is -2.13. The average Bonchev–Trinajstić information content (AvgIpc) is 3.41. The monoisotopic (exact) mass is 351 g/mol. The molecule has 1 amide bonds. The molecular formula is C20H17NO5. The first-order chi connectivity index (χ1) is 12.5. The van der Waals surface area contributed by atoms with Crippen LogP contribution in [0.3, 0.4) is 0 Å². The quantitative estimate of drug-likeness (QED) is 0.665. The van der Waals surface area contributed by atoms with Crippen molar-refractivity contribution in [3.63, 3.8) is 0 Å². The highest BCUT2D eigenvalue weighted by atomic mass is 16.4. The molecule has 1 aliphatic rings. The number of hydrogen-bond donors (Lipinski definition) is 2. The minimum atomic E-state index is -1.22. The van der Waals surface area contributed by atoms with E-state index in [0.29, 0.717) is 11.1 Å². The van der Waals surface area contributed by atoms with E-state index < -0.39 is 12.0 Å². The first-order valence-corrected chi connectivity index (χ1v) is 8.50. The molecule has 0 bridgehead atoms. The maximum Gasteiger partial charge on any atom is 0.326 e. The highest BCUT2D eigenvalue weighted by Crippen LogP contribution is 2.30. The fraction of sp³-hybridized carbons (Fsp3) is 0.250. The van der Waals surface area contributed by atoms with E-state index in [2.05, 4.69) is 5.32 Å². The smallest absolute Gasteiger partial charge is 0.326 e. The number of fused-ring (bicyclic) bond motifs is 3. The summed E-state index contributed by atoms with van der Waals surface area (Å²) in [6, 6.07) is 11.3. The molecule has 26 heavy (non-hydrogen) atoms. The molecule has 132 valence electrons. The number of furan rings is 1. The Balaban J connectivity index is 1.59. The van der Waals surface area contributed by atoms with E-state index in [4.69, 9.17) is 4.42 Å². The number of para-hydroxylation sites is 1. The van der Waals surface area contributed by atoms with Gasteiger partial charge in [0.2, 0.25) is 5.91 Å². The van der Waals surface area contributed by atoms with Crippen LogP contribution in [0.4, 0.5) is 0 Å². The zero-order chi connectivity index (χ0) is 18.3. The topological polar surface area (TPSA) is 96.6 Å². The van der Waals surface area contributed by atoms with Crippen LogP contribution in [0, 0.1) is 5.92 Å². The van der Waals surface area contributed by atoms with Crippen molar-refractivity contribution in [3.8, 4) is 0 Å². The summed E-state index contributed by atoms with van der Waals surface area (Å²) in [6.07, 6.45) is 1.27. The fourth-order valence-corrected chi connectivity index (χ4v) is 3.04. The van der Waals surface area contributed by atoms with Gasteiger partial charge in [0.05, 0.1) is 0 Å². The normalized spacial score (nSPS) is 15.1. The van der Waals surface area contributed by atoms with Crippen LogP contribution in [-0.4, -0.2) is 28.8 Å². The van der Waals surface area contributed by atoms with Crippen molar-refractivity contribution in [2.75, 3.05) is 0 Å². The standard InChI is InChI=1S/C20H17NO5/c22-16(10-15(20(24)25)21-19(23)11-5-6-11)12-7-8-18-14(9-12)13-3-1-2-4-17(13)26-18/h1-4,7-9,11,15H,5-6,10H2,(H,21,23)(H,24,25). The molecule has 4 rings (SSSR count). The van der Waals surface area contributed by atoms with Gasteiger partial charge in [-0.3, -0.25) is 9.59 Å². The van der Waals surface area contributed by atoms with Gasteiger partial charge in [0.1, 0.15) is 17.2 Å². The minimum absolute atomic E-state index is 0.111. The number of ketones is 1. The van der Waals surface area contributed by atoms with E-state index in [-0.39, 0.29) is 24.0 Å². The van der Waals surface area contributed by atoms with E-state index in [9.17, 15) is 19.5 Å². The molecule has 2 aromatic carbocycles. The van der Waals surface area contributed by atoms with E-state index in [1.54, 1.807) is 18.2 Å². The van der Waals surface area contributed by atoms with Gasteiger partial charge < -0.3 is 14.8 Å². The Morgan fingerprint density at radius 3 is 2.54 bits per heavy atom. The summed E-state index contributed by atoms with van der Waals surface area (Å²) < 4.78 is 5.73. The first-order valence-electron chi connectivity index (χ1n) is 8.50. The van der Waals surface area contributed by atoms with Gasteiger partial charge >= 0.3 is 5.97 Å². The summed E-state index contributed by atoms with van der Waals surface area (Å²) >= 11 is 0. The number of carboxylic acid groups (broad SMARTS) is 1. The molecule has 0 saturated heterocycles. The predicted molar refractivity (Wildman–Crippen MR) is 95.0 cm³/mol. The molecule has 1 atom stereocenters. The second kappa shape index (κ2) is 6.29. The van der Waals surface area contributed by atoms with Crippen LogP contribution in [0.25, 0.3) is 21.9 Å². The van der Waals surface area contributed by atoms with Crippen LogP contribution >= 0.6 is 0 Å². The molecular weight excluding hydrogens is 334 g/mol. The second-order valence-electron chi connectivity index (χ2n) is 6.61. The Morgan fingerprint density at radius 1 is 1.08 bits per heavy atom. The van der Waals surface area contributed by atoms with Crippen molar-refractivity contribution in [1.82, 2.24) is 5.32 Å². The summed E-state index contributed by atoms with van der Waals surface area (Å²) in [5, 5.41) is 13.5. The highest BCUT2D eigenvalue weighted by molar-refractivity contribution is 6.09. The van der Waals surface area contributed by atoms with Crippen molar-refractivity contribution in [2.45, 2.75) is 25.3 Å². The van der Waals surface area contributed by atoms with E-state index in [1.165, 1.54) is 0 Å². The Morgan fingerprint density at radius 2 is 1.81 bits per heavy atom. The largest absolute Gasteiger partial charge is 0.480 e. The third-order valence-electron chi connectivity index (χ3n) is 4.65. The summed E-state index contributed by atoms with van der Waals surface area (Å²) in [6.45, 7) is 0. The predicted octanol–water partition coefficient (Wildman–Crippen LogP) is 3.14. The Bertz CT molecular complexity index is 1030. The third kappa shape index (κ3) is 3.06. The SMILES string of the molecule is O=C(CC(NC(=O)C1CC1)C(=O)O)c1ccc2oc3ccccc3c2c1. The summed E-state index contributed by atoms with van der Waals surface area (Å²) in [5.74, 6) is -1.94. The van der Waals surface area contributed by atoms with Crippen LogP contribution in [0.5, 0.6) is 0 Å². The molecule has 1 fully saturated rings. The van der Waals surface area contributed by atoms with Crippen LogP contribution in [0.15, 0.2) is 46.9 Å². The van der Waals surface area contributed by atoms with Crippen LogP contribution in [0.2, 0.25) is 0 Å². The lowest BCUT2D eigenvalue weighted by molar-refractivity contribution is -0.141. The van der Waals surface area contributed by atoms with Crippen molar-refractivity contribution in [1.29, 1.82) is 0 Å². The number of amides is 1. The first kappa shape index (κ1) is 16.3. The molecule has 1 heterocycles. The minimum Gasteiger partial charge on any atom is -0.480 e. The van der Waals surface area contributed by atoms with Gasteiger partial charge in [-0.15, -0.1) is 0 Å². The van der Waals surface area contributed by atoms with Crippen LogP contribution in [-0.2, 0) is 9.59 Å². The van der Waals surface area contributed by atoms with Crippen LogP contribution < -0.4 is 5.32 Å². The third-order valence-corrected chi connectivity index (χ3v) is 4.65. The van der Waals surface area contributed by atoms with Gasteiger partial charge in [-0.05, 0) is 37.1 Å². The maximum atomic E-state index is 12.6. The van der Waals surface area contributed by atoms with E-state index in [1.807, 2.05) is 24.3 Å². The van der Waals surface area contributed by atoms with E-state index >= 15 is 0 Å². The lowest BCUT2D eigenvalue weighted by atomic mass is 10.0. The second-order valence-corrected chi connectivity index (χ2v) is 6.61. The number of carboxylic acids is 1. The van der Waals surface area contributed by atoms with Crippen molar-refractivity contribution in [3.05, 3.63) is 48.0 Å². The number of nitrogens with one attached hydrogen (secondary N) is 1. The molecule has 1 unspecified atom stereocenters. The summed E-state index contributed by atoms with van der Waals surface area (Å²) in [5.41, 5.74) is 1.79. The van der Waals surface area contributed by atoms with Gasteiger partial charge in [0.25, 0.3) is 0 Å². The number of Topliss-reactive ketones (excluding diaryl/α,β-unsaturated/α-hetero) is 1. The van der Waals surface area contributed by atoms with Gasteiger partial charge in [-0.1, -0.05) is 18.2 Å². The van der Waals surface area contributed by atoms with Crippen molar-refractivity contribution in [2.24, 2.45) is 5.92 Å². The lowest BCUT2D eigenvalue weighted by Crippen LogP contribution is -2.42. The van der Waals surface area contributed by atoms with Gasteiger partial charge in [-0.25, -0.2) is 4.79 Å². The Kier molecular flexibility index (Phi) is 3.95. The summed E-state index contributed by atoms with van der Waals surface area (Å²) in [7, 11) is 0. The molecule has 1 saturated carbocycles. The number of hydrogen-bond acceptors (Lipinski definition) is 4.